The Kier molecular flexibility index (Phi) is 8.46. The summed E-state index contributed by atoms with van der Waals surface area (Å²) in [5.74, 6) is 0.685. The smallest absolute Gasteiger partial charge is 0.160 e. The quantitative estimate of drug-likeness (QED) is 0.161. The van der Waals surface area contributed by atoms with Crippen LogP contribution >= 0.6 is 0 Å². The van der Waals surface area contributed by atoms with Gasteiger partial charge < -0.3 is 9.13 Å². The van der Waals surface area contributed by atoms with E-state index in [0.29, 0.717) is 5.82 Å². The van der Waals surface area contributed by atoms with Crippen molar-refractivity contribution in [1.82, 2.24) is 19.1 Å². The predicted octanol–water partition coefficient (Wildman–Crippen LogP) is 15.0. The monoisotopic (exact) mass is 790 g/mol. The van der Waals surface area contributed by atoms with E-state index >= 15 is 0 Å². The molecular formula is C58H38N4. The topological polar surface area (TPSA) is 35.6 Å². The van der Waals surface area contributed by atoms with Crippen molar-refractivity contribution < 1.29 is 0 Å². The van der Waals surface area contributed by atoms with Crippen LogP contribution in [0.25, 0.3) is 111 Å². The minimum atomic E-state index is 0.685. The Morgan fingerprint density at radius 2 is 0.677 bits per heavy atom. The molecule has 0 radical (unpaired) electrons. The van der Waals surface area contributed by atoms with Crippen LogP contribution in [0.1, 0.15) is 0 Å². The molecule has 0 aliphatic heterocycles. The Morgan fingerprint density at radius 1 is 0.242 bits per heavy atom. The zero-order valence-electron chi connectivity index (χ0n) is 33.7. The normalized spacial score (nSPS) is 11.5. The van der Waals surface area contributed by atoms with Crippen LogP contribution in [0.2, 0.25) is 0 Å². The summed E-state index contributed by atoms with van der Waals surface area (Å²) in [7, 11) is 0. The minimum absolute atomic E-state index is 0.685. The summed E-state index contributed by atoms with van der Waals surface area (Å²) < 4.78 is 4.82. The van der Waals surface area contributed by atoms with Gasteiger partial charge >= 0.3 is 0 Å². The molecule has 4 heteroatoms. The van der Waals surface area contributed by atoms with E-state index in [2.05, 4.69) is 234 Å². The summed E-state index contributed by atoms with van der Waals surface area (Å²) in [6, 6.07) is 82.1. The van der Waals surface area contributed by atoms with E-state index in [0.717, 1.165) is 56.1 Å². The predicted molar refractivity (Wildman–Crippen MR) is 258 cm³/mol. The number of benzene rings is 9. The van der Waals surface area contributed by atoms with Gasteiger partial charge in [0.2, 0.25) is 0 Å². The van der Waals surface area contributed by atoms with Gasteiger partial charge in [-0.2, -0.15) is 0 Å². The molecule has 0 N–H and O–H groups in total. The first-order valence-electron chi connectivity index (χ1n) is 21.1. The van der Waals surface area contributed by atoms with E-state index in [1.165, 1.54) is 49.2 Å². The second-order valence-electron chi connectivity index (χ2n) is 15.8. The van der Waals surface area contributed by atoms with Crippen LogP contribution in [0.15, 0.2) is 231 Å². The van der Waals surface area contributed by atoms with Crippen molar-refractivity contribution in [1.29, 1.82) is 0 Å². The molecule has 290 valence electrons. The van der Waals surface area contributed by atoms with Gasteiger partial charge in [0.05, 0.1) is 33.5 Å². The van der Waals surface area contributed by atoms with Crippen LogP contribution in [0.3, 0.4) is 0 Å². The summed E-state index contributed by atoms with van der Waals surface area (Å²) in [5, 5.41) is 4.96. The first-order chi connectivity index (χ1) is 30.7. The highest BCUT2D eigenvalue weighted by Crippen LogP contribution is 2.40. The number of fused-ring (bicyclic) bond motifs is 6. The van der Waals surface area contributed by atoms with E-state index in [9.17, 15) is 0 Å². The Morgan fingerprint density at radius 3 is 1.34 bits per heavy atom. The third-order valence-corrected chi connectivity index (χ3v) is 12.1. The van der Waals surface area contributed by atoms with Crippen LogP contribution in [0.4, 0.5) is 0 Å². The van der Waals surface area contributed by atoms with Gasteiger partial charge in [-0.15, -0.1) is 0 Å². The first-order valence-corrected chi connectivity index (χ1v) is 21.1. The Labute approximate surface area is 359 Å². The molecule has 3 aromatic heterocycles. The summed E-state index contributed by atoms with van der Waals surface area (Å²) in [4.78, 5) is 10.4. The SMILES string of the molecule is c1ccc(-c2cccc(-c3cc(-c4ccccc4)nc(-c4cccc(-c5cccc(-n6c7ccccc7c7cc8c9ccccc9n(-c9ccccc9)c8cc76)c5)c4)n3)c2)cc1. The highest BCUT2D eigenvalue weighted by molar-refractivity contribution is 6.19. The highest BCUT2D eigenvalue weighted by Gasteiger charge is 2.19. The van der Waals surface area contributed by atoms with Crippen LogP contribution in [0.5, 0.6) is 0 Å². The summed E-state index contributed by atoms with van der Waals surface area (Å²) in [6.07, 6.45) is 0. The third kappa shape index (κ3) is 6.08. The van der Waals surface area contributed by atoms with Crippen LogP contribution < -0.4 is 0 Å². The molecule has 0 bridgehead atoms. The fourth-order valence-electron chi connectivity index (χ4n) is 9.20. The zero-order chi connectivity index (χ0) is 41.0. The maximum Gasteiger partial charge on any atom is 0.160 e. The standard InChI is InChI=1S/C58H38N4/c1-4-17-39(18-5-1)41-21-14-24-44(33-41)53-37-52(40-19-6-2-7-20-40)59-58(60-53)45-25-15-22-42(34-45)43-23-16-28-47(35-43)62-55-32-13-11-30-49(55)51-36-50-48-29-10-12-31-54(48)61(56(50)38-57(51)62)46-26-8-3-9-27-46/h1-38H. The van der Waals surface area contributed by atoms with Crippen molar-refractivity contribution in [2.24, 2.45) is 0 Å². The third-order valence-electron chi connectivity index (χ3n) is 12.1. The average molecular weight is 791 g/mol. The zero-order valence-corrected chi connectivity index (χ0v) is 33.7. The molecule has 12 rings (SSSR count). The summed E-state index contributed by atoms with van der Waals surface area (Å²) >= 11 is 0. The van der Waals surface area contributed by atoms with E-state index < -0.39 is 0 Å². The average Bonchev–Trinajstić information content (AvgIpc) is 3.86. The number of aromatic nitrogens is 4. The highest BCUT2D eigenvalue weighted by atomic mass is 15.0. The molecule has 0 aliphatic carbocycles. The van der Waals surface area contributed by atoms with Crippen molar-refractivity contribution in [2.45, 2.75) is 0 Å². The number of nitrogens with zero attached hydrogens (tertiary/aromatic N) is 4. The lowest BCUT2D eigenvalue weighted by Crippen LogP contribution is -1.97. The van der Waals surface area contributed by atoms with Gasteiger partial charge in [-0.05, 0) is 89.0 Å². The van der Waals surface area contributed by atoms with Crippen LogP contribution in [-0.2, 0) is 0 Å². The van der Waals surface area contributed by atoms with Gasteiger partial charge in [-0.3, -0.25) is 0 Å². The molecule has 9 aromatic carbocycles. The van der Waals surface area contributed by atoms with Crippen molar-refractivity contribution in [3.05, 3.63) is 231 Å². The Hall–Kier alpha value is -8.34. The van der Waals surface area contributed by atoms with Crippen LogP contribution in [-0.4, -0.2) is 19.1 Å². The van der Waals surface area contributed by atoms with Crippen molar-refractivity contribution in [2.75, 3.05) is 0 Å². The number of hydrogen-bond acceptors (Lipinski definition) is 2. The second-order valence-corrected chi connectivity index (χ2v) is 15.8. The van der Waals surface area contributed by atoms with Crippen molar-refractivity contribution in [3.63, 3.8) is 0 Å². The summed E-state index contributed by atoms with van der Waals surface area (Å²) in [5.41, 5.74) is 16.3. The number of hydrogen-bond donors (Lipinski definition) is 0. The molecule has 0 saturated carbocycles. The maximum absolute atomic E-state index is 5.25. The number of rotatable bonds is 7. The largest absolute Gasteiger partial charge is 0.309 e. The van der Waals surface area contributed by atoms with E-state index in [-0.39, 0.29) is 0 Å². The lowest BCUT2D eigenvalue weighted by Gasteiger charge is -2.13. The number of para-hydroxylation sites is 3. The second kappa shape index (κ2) is 14.7. The van der Waals surface area contributed by atoms with E-state index in [4.69, 9.17) is 9.97 Å². The molecule has 0 fully saturated rings. The molecule has 0 aliphatic rings. The van der Waals surface area contributed by atoms with Gasteiger partial charge in [0.1, 0.15) is 0 Å². The molecule has 4 nitrogen and oxygen atoms in total. The molecule has 0 unspecified atom stereocenters. The maximum atomic E-state index is 5.25. The molecule has 3 heterocycles. The van der Waals surface area contributed by atoms with E-state index in [1.807, 2.05) is 6.07 Å². The van der Waals surface area contributed by atoms with Gasteiger partial charge in [0.25, 0.3) is 0 Å². The van der Waals surface area contributed by atoms with Crippen molar-refractivity contribution in [3.8, 4) is 67.5 Å². The lowest BCUT2D eigenvalue weighted by atomic mass is 10.00. The van der Waals surface area contributed by atoms with E-state index in [1.54, 1.807) is 0 Å². The first kappa shape index (κ1) is 35.6. The summed E-state index contributed by atoms with van der Waals surface area (Å²) in [6.45, 7) is 0. The lowest BCUT2D eigenvalue weighted by molar-refractivity contribution is 1.16. The fraction of sp³-hybridized carbons (Fsp3) is 0. The van der Waals surface area contributed by atoms with Gasteiger partial charge in [-0.25, -0.2) is 9.97 Å². The van der Waals surface area contributed by atoms with Crippen LogP contribution in [0, 0.1) is 0 Å². The molecule has 0 atom stereocenters. The molecule has 12 aromatic rings. The molecule has 0 saturated heterocycles. The van der Waals surface area contributed by atoms with Crippen molar-refractivity contribution >= 4 is 43.6 Å². The Bertz CT molecular complexity index is 3620. The molecule has 62 heavy (non-hydrogen) atoms. The molecule has 0 amide bonds. The molecule has 0 spiro atoms. The van der Waals surface area contributed by atoms with Gasteiger partial charge in [0.15, 0.2) is 5.82 Å². The minimum Gasteiger partial charge on any atom is -0.309 e. The molecular weight excluding hydrogens is 753 g/mol. The Balaban J connectivity index is 0.997. The van der Waals surface area contributed by atoms with Gasteiger partial charge in [0, 0.05) is 49.6 Å². The van der Waals surface area contributed by atoms with Gasteiger partial charge in [-0.1, -0.05) is 164 Å². The fourth-order valence-corrected chi connectivity index (χ4v) is 9.20.